The highest BCUT2D eigenvalue weighted by Gasteiger charge is 2.23. The van der Waals surface area contributed by atoms with Gasteiger partial charge in [-0.25, -0.2) is 4.84 Å². The van der Waals surface area contributed by atoms with Crippen LogP contribution in [0, 0.1) is 4.91 Å². The smallest absolute Gasteiger partial charge is 0.328 e. The van der Waals surface area contributed by atoms with Gasteiger partial charge in [0, 0.05) is 6.07 Å². The van der Waals surface area contributed by atoms with Gasteiger partial charge in [-0.15, -0.1) is 0 Å². The van der Waals surface area contributed by atoms with Crippen molar-refractivity contribution in [3.63, 3.8) is 0 Å². The molecule has 0 radical (unpaired) electrons. The SMILES string of the molecule is COc1cc(C=O)c([N+](=O)OC)cc1Br. The van der Waals surface area contributed by atoms with E-state index in [1.807, 2.05) is 0 Å². The zero-order valence-corrected chi connectivity index (χ0v) is 9.78. The van der Waals surface area contributed by atoms with E-state index in [-0.39, 0.29) is 16.2 Å². The molecule has 0 aliphatic carbocycles. The van der Waals surface area contributed by atoms with E-state index < -0.39 is 0 Å². The summed E-state index contributed by atoms with van der Waals surface area (Å²) in [6.07, 6.45) is 0.564. The summed E-state index contributed by atoms with van der Waals surface area (Å²) in [5.41, 5.74) is 0.326. The lowest BCUT2D eigenvalue weighted by molar-refractivity contribution is -0.736. The molecule has 0 atom stereocenters. The lowest BCUT2D eigenvalue weighted by Crippen LogP contribution is -2.02. The molecule has 0 bridgehead atoms. The van der Waals surface area contributed by atoms with Gasteiger partial charge in [-0.05, 0) is 22.0 Å². The van der Waals surface area contributed by atoms with E-state index in [4.69, 9.17) is 4.74 Å². The first kappa shape index (κ1) is 11.6. The summed E-state index contributed by atoms with van der Waals surface area (Å²) >= 11 is 3.21. The van der Waals surface area contributed by atoms with Crippen molar-refractivity contribution in [2.75, 3.05) is 14.2 Å². The number of rotatable bonds is 4. The summed E-state index contributed by atoms with van der Waals surface area (Å²) in [7, 11) is 2.69. The number of hydrogen-bond acceptors (Lipinski definition) is 4. The monoisotopic (exact) mass is 274 g/mol. The van der Waals surface area contributed by atoms with E-state index in [1.165, 1.54) is 26.4 Å². The van der Waals surface area contributed by atoms with Crippen LogP contribution in [0.3, 0.4) is 0 Å². The Morgan fingerprint density at radius 2 is 2.07 bits per heavy atom. The van der Waals surface area contributed by atoms with Gasteiger partial charge in [0.1, 0.15) is 11.3 Å². The Hall–Kier alpha value is -1.43. The second kappa shape index (κ2) is 4.88. The third-order valence-electron chi connectivity index (χ3n) is 1.79. The maximum Gasteiger partial charge on any atom is 0.328 e. The maximum atomic E-state index is 11.2. The quantitative estimate of drug-likeness (QED) is 0.624. The van der Waals surface area contributed by atoms with Crippen molar-refractivity contribution < 1.29 is 19.3 Å². The summed E-state index contributed by atoms with van der Waals surface area (Å²) in [4.78, 5) is 26.7. The molecule has 0 saturated heterocycles. The molecule has 80 valence electrons. The first-order valence-electron chi connectivity index (χ1n) is 3.98. The highest BCUT2D eigenvalue weighted by Crippen LogP contribution is 2.31. The number of carbonyl (C=O) groups excluding carboxylic acids is 1. The number of carbonyl (C=O) groups is 1. The number of nitrogens with zero attached hydrogens (tertiary/aromatic N) is 1. The minimum atomic E-state index is 0.125. The minimum Gasteiger partial charge on any atom is -0.496 e. The molecule has 0 N–H and O–H groups in total. The predicted octanol–water partition coefficient (Wildman–Crippen LogP) is 2.24. The van der Waals surface area contributed by atoms with Crippen molar-refractivity contribution in [2.45, 2.75) is 0 Å². The van der Waals surface area contributed by atoms with Crippen LogP contribution in [0.25, 0.3) is 0 Å². The van der Waals surface area contributed by atoms with Crippen LogP contribution in [0.4, 0.5) is 5.69 Å². The lowest BCUT2D eigenvalue weighted by atomic mass is 10.2. The summed E-state index contributed by atoms with van der Waals surface area (Å²) in [6, 6.07) is 2.91. The van der Waals surface area contributed by atoms with Crippen molar-refractivity contribution in [1.29, 1.82) is 0 Å². The van der Waals surface area contributed by atoms with E-state index in [9.17, 15) is 9.70 Å². The summed E-state index contributed by atoms with van der Waals surface area (Å²) in [5.74, 6) is 0.477. The Balaban J connectivity index is 3.33. The molecule has 6 heteroatoms. The van der Waals surface area contributed by atoms with Crippen LogP contribution in [0.2, 0.25) is 0 Å². The number of ether oxygens (including phenoxy) is 1. The van der Waals surface area contributed by atoms with E-state index in [1.54, 1.807) is 0 Å². The normalized spacial score (nSPS) is 9.53. The summed E-state index contributed by atoms with van der Waals surface area (Å²) < 4.78 is 5.56. The third kappa shape index (κ3) is 2.33. The fraction of sp³-hybridized carbons (Fsp3) is 0.222. The molecule has 1 aromatic rings. The standard InChI is InChI=1S/C9H9BrNO4/c1-14-9-3-6(5-12)8(4-7(9)10)11(13)15-2/h3-5H,1-2H3/q+1. The van der Waals surface area contributed by atoms with Gasteiger partial charge in [0.15, 0.2) is 13.4 Å². The minimum absolute atomic E-state index is 0.125. The van der Waals surface area contributed by atoms with Gasteiger partial charge in [-0.2, -0.15) is 0 Å². The Labute approximate surface area is 94.6 Å². The molecule has 0 aromatic heterocycles. The number of methoxy groups -OCH3 is 1. The number of aldehydes is 1. The van der Waals surface area contributed by atoms with Crippen molar-refractivity contribution in [3.05, 3.63) is 27.1 Å². The molecule has 0 amide bonds. The van der Waals surface area contributed by atoms with Gasteiger partial charge in [0.05, 0.1) is 16.5 Å². The van der Waals surface area contributed by atoms with Crippen LogP contribution in [0.15, 0.2) is 16.6 Å². The molecular weight excluding hydrogens is 266 g/mol. The van der Waals surface area contributed by atoms with Gasteiger partial charge >= 0.3 is 5.69 Å². The van der Waals surface area contributed by atoms with Crippen LogP contribution in [-0.2, 0) is 4.84 Å². The summed E-state index contributed by atoms with van der Waals surface area (Å²) in [6.45, 7) is 0. The van der Waals surface area contributed by atoms with Gasteiger partial charge in [-0.3, -0.25) is 4.79 Å². The maximum absolute atomic E-state index is 11.2. The Morgan fingerprint density at radius 1 is 1.40 bits per heavy atom. The zero-order chi connectivity index (χ0) is 11.4. The van der Waals surface area contributed by atoms with Crippen LogP contribution in [0.5, 0.6) is 5.75 Å². The van der Waals surface area contributed by atoms with Crippen molar-refractivity contribution in [3.8, 4) is 5.75 Å². The predicted molar refractivity (Wildman–Crippen MR) is 56.4 cm³/mol. The van der Waals surface area contributed by atoms with Gasteiger partial charge in [-0.1, -0.05) is 0 Å². The fourth-order valence-electron chi connectivity index (χ4n) is 1.07. The van der Waals surface area contributed by atoms with Crippen LogP contribution in [-0.4, -0.2) is 25.4 Å². The first-order chi connectivity index (χ1) is 7.13. The highest BCUT2D eigenvalue weighted by atomic mass is 79.9. The average Bonchev–Trinajstić information content (AvgIpc) is 2.27. The molecule has 0 aliphatic rings. The van der Waals surface area contributed by atoms with E-state index >= 15 is 0 Å². The molecule has 15 heavy (non-hydrogen) atoms. The molecule has 0 aliphatic heterocycles. The number of benzene rings is 1. The van der Waals surface area contributed by atoms with Crippen molar-refractivity contribution in [1.82, 2.24) is 0 Å². The van der Waals surface area contributed by atoms with E-state index in [2.05, 4.69) is 20.8 Å². The molecule has 0 saturated carbocycles. The zero-order valence-electron chi connectivity index (χ0n) is 8.19. The molecule has 0 fully saturated rings. The molecule has 1 rings (SSSR count). The van der Waals surface area contributed by atoms with Crippen molar-refractivity contribution >= 4 is 27.9 Å². The van der Waals surface area contributed by atoms with Crippen LogP contribution >= 0.6 is 15.9 Å². The molecule has 0 spiro atoms. The first-order valence-corrected chi connectivity index (χ1v) is 4.77. The average molecular weight is 275 g/mol. The Morgan fingerprint density at radius 3 is 2.53 bits per heavy atom. The van der Waals surface area contributed by atoms with Gasteiger partial charge in [0.25, 0.3) is 4.92 Å². The van der Waals surface area contributed by atoms with Crippen LogP contribution < -0.4 is 4.74 Å². The number of halogens is 1. The van der Waals surface area contributed by atoms with Crippen molar-refractivity contribution in [2.24, 2.45) is 0 Å². The largest absolute Gasteiger partial charge is 0.496 e. The second-order valence-corrected chi connectivity index (χ2v) is 3.46. The third-order valence-corrected chi connectivity index (χ3v) is 2.41. The Kier molecular flexibility index (Phi) is 3.79. The summed E-state index contributed by atoms with van der Waals surface area (Å²) in [5, 5.41) is 0. The molecular formula is C9H9BrNO4+. The topological polar surface area (TPSA) is 55.6 Å². The fourth-order valence-corrected chi connectivity index (χ4v) is 1.56. The van der Waals surface area contributed by atoms with Crippen LogP contribution in [0.1, 0.15) is 10.4 Å². The van der Waals surface area contributed by atoms with E-state index in [0.29, 0.717) is 16.5 Å². The van der Waals surface area contributed by atoms with E-state index in [0.717, 1.165) is 0 Å². The second-order valence-electron chi connectivity index (χ2n) is 2.60. The lowest BCUT2D eigenvalue weighted by Gasteiger charge is -2.02. The molecule has 1 aromatic carbocycles. The Bertz CT molecular complexity index is 405. The van der Waals surface area contributed by atoms with Gasteiger partial charge < -0.3 is 4.74 Å². The molecule has 5 nitrogen and oxygen atoms in total. The number of hydrogen-bond donors (Lipinski definition) is 0. The highest BCUT2D eigenvalue weighted by molar-refractivity contribution is 9.10. The molecule has 0 heterocycles. The van der Waals surface area contributed by atoms with Gasteiger partial charge in [0.2, 0.25) is 0 Å². The molecule has 0 unspecified atom stereocenters.